The first-order valence-corrected chi connectivity index (χ1v) is 8.24. The molecule has 0 aromatic heterocycles. The van der Waals surface area contributed by atoms with Gasteiger partial charge in [0.25, 0.3) is 0 Å². The Balaban J connectivity index is 4.27. The molecule has 0 spiro atoms. The van der Waals surface area contributed by atoms with E-state index < -0.39 is 21.6 Å². The highest BCUT2D eigenvalue weighted by atomic mass is 32.2. The molecule has 0 aliphatic carbocycles. The van der Waals surface area contributed by atoms with Gasteiger partial charge >= 0.3 is 5.97 Å². The molecule has 0 amide bonds. The number of carbonyl (C=O) groups excluding carboxylic acids is 1. The van der Waals surface area contributed by atoms with E-state index >= 15 is 0 Å². The molecule has 0 rings (SSSR count). The molecule has 0 aromatic carbocycles. The van der Waals surface area contributed by atoms with Crippen LogP contribution < -0.4 is 0 Å². The molecule has 1 atom stereocenters. The lowest BCUT2D eigenvalue weighted by Gasteiger charge is -2.22. The maximum atomic E-state index is 11.8. The minimum absolute atomic E-state index is 0.0471. The highest BCUT2D eigenvalue weighted by molar-refractivity contribution is 7.92. The minimum atomic E-state index is -3.36. The summed E-state index contributed by atoms with van der Waals surface area (Å²) in [5.41, 5.74) is 0.0949. The van der Waals surface area contributed by atoms with Crippen LogP contribution in [0.15, 0.2) is 0 Å². The van der Waals surface area contributed by atoms with Crippen molar-refractivity contribution in [3.8, 4) is 0 Å². The van der Waals surface area contributed by atoms with Gasteiger partial charge in [-0.1, -0.05) is 34.6 Å². The van der Waals surface area contributed by atoms with Crippen LogP contribution in [-0.4, -0.2) is 32.5 Å². The molecule has 5 heteroatoms. The molecule has 0 heterocycles. The quantitative estimate of drug-likeness (QED) is 0.671. The van der Waals surface area contributed by atoms with Crippen LogP contribution in [0.3, 0.4) is 0 Å². The number of ether oxygens (including phenoxy) is 1. The zero-order chi connectivity index (χ0) is 14.4. The number of hydrogen-bond donors (Lipinski definition) is 0. The summed E-state index contributed by atoms with van der Waals surface area (Å²) in [6.45, 7) is 10.3. The van der Waals surface area contributed by atoms with Crippen molar-refractivity contribution in [2.45, 2.75) is 47.5 Å². The Morgan fingerprint density at radius 1 is 1.28 bits per heavy atom. The van der Waals surface area contributed by atoms with Gasteiger partial charge in [-0.3, -0.25) is 4.79 Å². The Hall–Kier alpha value is -0.580. The second-order valence-corrected chi connectivity index (χ2v) is 8.25. The Labute approximate surface area is 111 Å². The van der Waals surface area contributed by atoms with Crippen LogP contribution in [-0.2, 0) is 19.4 Å². The maximum absolute atomic E-state index is 11.8. The standard InChI is InChI=1S/C13H26O4S/c1-6-7-17-12(14)10-18(15,16)9-11(2)8-13(3,4)5/h11H,6-10H2,1-5H3. The molecule has 0 saturated carbocycles. The molecule has 0 fully saturated rings. The molecule has 0 radical (unpaired) electrons. The molecule has 0 aromatic rings. The van der Waals surface area contributed by atoms with Gasteiger partial charge in [-0.15, -0.1) is 0 Å². The third-order valence-corrected chi connectivity index (χ3v) is 4.06. The smallest absolute Gasteiger partial charge is 0.321 e. The van der Waals surface area contributed by atoms with Gasteiger partial charge in [0, 0.05) is 0 Å². The highest BCUT2D eigenvalue weighted by Gasteiger charge is 2.23. The van der Waals surface area contributed by atoms with Crippen molar-refractivity contribution in [2.24, 2.45) is 11.3 Å². The second kappa shape index (κ2) is 7.12. The monoisotopic (exact) mass is 278 g/mol. The summed E-state index contributed by atoms with van der Waals surface area (Å²) in [5.74, 6) is -1.04. The molecule has 0 bridgehead atoms. The first-order chi connectivity index (χ1) is 8.06. The molecule has 4 nitrogen and oxygen atoms in total. The van der Waals surface area contributed by atoms with Crippen LogP contribution in [0, 0.1) is 11.3 Å². The lowest BCUT2D eigenvalue weighted by molar-refractivity contribution is -0.140. The first kappa shape index (κ1) is 17.4. The van der Waals surface area contributed by atoms with Crippen LogP contribution in [0.4, 0.5) is 0 Å². The van der Waals surface area contributed by atoms with E-state index in [9.17, 15) is 13.2 Å². The van der Waals surface area contributed by atoms with Crippen molar-refractivity contribution < 1.29 is 17.9 Å². The van der Waals surface area contributed by atoms with Crippen LogP contribution >= 0.6 is 0 Å². The Morgan fingerprint density at radius 2 is 1.83 bits per heavy atom. The fraction of sp³-hybridized carbons (Fsp3) is 0.923. The van der Waals surface area contributed by atoms with Gasteiger partial charge in [-0.05, 0) is 24.2 Å². The van der Waals surface area contributed by atoms with Crippen LogP contribution in [0.25, 0.3) is 0 Å². The van der Waals surface area contributed by atoms with E-state index in [0.717, 1.165) is 6.42 Å². The van der Waals surface area contributed by atoms with Gasteiger partial charge in [0.15, 0.2) is 9.84 Å². The van der Waals surface area contributed by atoms with Crippen molar-refractivity contribution in [1.29, 1.82) is 0 Å². The lowest BCUT2D eigenvalue weighted by atomic mass is 9.86. The number of rotatable bonds is 7. The topological polar surface area (TPSA) is 60.4 Å². The summed E-state index contributed by atoms with van der Waals surface area (Å²) in [7, 11) is -3.36. The predicted octanol–water partition coefficient (Wildman–Crippen LogP) is 2.43. The van der Waals surface area contributed by atoms with Crippen LogP contribution in [0.5, 0.6) is 0 Å². The molecule has 0 aliphatic rings. The van der Waals surface area contributed by atoms with Gasteiger partial charge in [0.2, 0.25) is 0 Å². The van der Waals surface area contributed by atoms with Crippen LogP contribution in [0.1, 0.15) is 47.5 Å². The summed E-state index contributed by atoms with van der Waals surface area (Å²) < 4.78 is 28.4. The Bertz CT molecular complexity index is 352. The molecule has 0 N–H and O–H groups in total. The Kier molecular flexibility index (Phi) is 6.89. The third kappa shape index (κ3) is 9.45. The zero-order valence-electron chi connectivity index (χ0n) is 12.2. The molecular weight excluding hydrogens is 252 g/mol. The van der Waals surface area contributed by atoms with Crippen molar-refractivity contribution in [2.75, 3.05) is 18.1 Å². The SMILES string of the molecule is CCCOC(=O)CS(=O)(=O)CC(C)CC(C)(C)C. The Morgan fingerprint density at radius 3 is 2.28 bits per heavy atom. The van der Waals surface area contributed by atoms with Gasteiger partial charge in [0.05, 0.1) is 12.4 Å². The summed E-state index contributed by atoms with van der Waals surface area (Å²) >= 11 is 0. The van der Waals surface area contributed by atoms with E-state index in [-0.39, 0.29) is 23.7 Å². The fourth-order valence-corrected chi connectivity index (χ4v) is 3.58. The van der Waals surface area contributed by atoms with Gasteiger partial charge in [-0.2, -0.15) is 0 Å². The normalized spacial score (nSPS) is 14.3. The summed E-state index contributed by atoms with van der Waals surface area (Å²) in [6, 6.07) is 0. The van der Waals surface area contributed by atoms with E-state index in [4.69, 9.17) is 4.74 Å². The van der Waals surface area contributed by atoms with E-state index in [0.29, 0.717) is 6.42 Å². The molecule has 0 saturated heterocycles. The summed E-state index contributed by atoms with van der Waals surface area (Å²) in [5, 5.41) is 0. The van der Waals surface area contributed by atoms with E-state index in [2.05, 4.69) is 20.8 Å². The fourth-order valence-electron chi connectivity index (χ4n) is 2.03. The molecular formula is C13H26O4S. The van der Waals surface area contributed by atoms with Crippen LogP contribution in [0.2, 0.25) is 0 Å². The summed E-state index contributed by atoms with van der Waals surface area (Å²) in [6.07, 6.45) is 1.52. The number of sulfone groups is 1. The van der Waals surface area contributed by atoms with E-state index in [1.165, 1.54) is 0 Å². The number of hydrogen-bond acceptors (Lipinski definition) is 4. The number of carbonyl (C=O) groups is 1. The van der Waals surface area contributed by atoms with Crippen molar-refractivity contribution in [3.05, 3.63) is 0 Å². The zero-order valence-corrected chi connectivity index (χ0v) is 13.0. The largest absolute Gasteiger partial charge is 0.465 e. The van der Waals surface area contributed by atoms with Gasteiger partial charge in [-0.25, -0.2) is 8.42 Å². The van der Waals surface area contributed by atoms with Gasteiger partial charge < -0.3 is 4.74 Å². The van der Waals surface area contributed by atoms with Gasteiger partial charge in [0.1, 0.15) is 5.75 Å². The highest BCUT2D eigenvalue weighted by Crippen LogP contribution is 2.25. The first-order valence-electron chi connectivity index (χ1n) is 6.42. The maximum Gasteiger partial charge on any atom is 0.321 e. The molecule has 108 valence electrons. The average Bonchev–Trinajstić information content (AvgIpc) is 2.09. The predicted molar refractivity (Wildman–Crippen MR) is 73.1 cm³/mol. The molecule has 1 unspecified atom stereocenters. The second-order valence-electron chi connectivity index (χ2n) is 6.15. The molecule has 18 heavy (non-hydrogen) atoms. The average molecular weight is 278 g/mol. The summed E-state index contributed by atoms with van der Waals surface area (Å²) in [4.78, 5) is 11.3. The minimum Gasteiger partial charge on any atom is -0.465 e. The van der Waals surface area contributed by atoms with Crippen molar-refractivity contribution >= 4 is 15.8 Å². The number of esters is 1. The van der Waals surface area contributed by atoms with Crippen molar-refractivity contribution in [3.63, 3.8) is 0 Å². The third-order valence-electron chi connectivity index (χ3n) is 2.30. The van der Waals surface area contributed by atoms with E-state index in [1.54, 1.807) is 0 Å². The van der Waals surface area contributed by atoms with Crippen molar-refractivity contribution in [1.82, 2.24) is 0 Å². The van der Waals surface area contributed by atoms with E-state index in [1.807, 2.05) is 13.8 Å². The lowest BCUT2D eigenvalue weighted by Crippen LogP contribution is -2.26. The molecule has 0 aliphatic heterocycles.